The van der Waals surface area contributed by atoms with Crippen LogP contribution in [0.3, 0.4) is 0 Å². The van der Waals surface area contributed by atoms with Crippen molar-refractivity contribution in [1.82, 2.24) is 0 Å². The van der Waals surface area contributed by atoms with Gasteiger partial charge in [0.15, 0.2) is 0 Å². The lowest BCUT2D eigenvalue weighted by Crippen LogP contribution is -2.29. The molecule has 2 heteroatoms. The average molecular weight is 179 g/mol. The molecule has 0 aromatic heterocycles. The van der Waals surface area contributed by atoms with E-state index in [1.807, 2.05) is 0 Å². The third-order valence-electron chi connectivity index (χ3n) is 2.60. The molecule has 1 aliphatic carbocycles. The summed E-state index contributed by atoms with van der Waals surface area (Å²) >= 11 is 6.08. The molecule has 1 aliphatic rings. The normalized spacial score (nSPS) is 39.5. The zero-order valence-corrected chi connectivity index (χ0v) is 7.94. The first-order valence-electron chi connectivity index (χ1n) is 4.39. The van der Waals surface area contributed by atoms with Crippen LogP contribution in [0.25, 0.3) is 0 Å². The third kappa shape index (κ3) is 2.33. The van der Waals surface area contributed by atoms with Crippen LogP contribution in [0.15, 0.2) is 0 Å². The summed E-state index contributed by atoms with van der Waals surface area (Å²) < 4.78 is 12.9. The number of rotatable bonds is 1. The van der Waals surface area contributed by atoms with Crippen molar-refractivity contribution < 1.29 is 4.39 Å². The van der Waals surface area contributed by atoms with E-state index in [9.17, 15) is 4.39 Å². The third-order valence-corrected chi connectivity index (χ3v) is 3.15. The Labute approximate surface area is 73.1 Å². The fraction of sp³-hybridized carbons (Fsp3) is 1.00. The Balaban J connectivity index is 2.47. The first-order chi connectivity index (χ1) is 5.11. The molecule has 0 aliphatic heterocycles. The van der Waals surface area contributed by atoms with Gasteiger partial charge in [-0.25, -0.2) is 4.39 Å². The van der Waals surface area contributed by atoms with Crippen molar-refractivity contribution in [2.45, 2.75) is 44.7 Å². The molecule has 0 spiro atoms. The number of hydrogen-bond donors (Lipinski definition) is 0. The highest BCUT2D eigenvalue weighted by Crippen LogP contribution is 2.34. The molecule has 11 heavy (non-hydrogen) atoms. The molecule has 1 rings (SSSR count). The number of alkyl halides is 2. The molecule has 3 atom stereocenters. The van der Waals surface area contributed by atoms with Gasteiger partial charge >= 0.3 is 0 Å². The van der Waals surface area contributed by atoms with Crippen LogP contribution in [-0.2, 0) is 0 Å². The van der Waals surface area contributed by atoms with Crippen LogP contribution < -0.4 is 0 Å². The van der Waals surface area contributed by atoms with E-state index < -0.39 is 6.17 Å². The Morgan fingerprint density at radius 1 is 1.36 bits per heavy atom. The predicted molar refractivity (Wildman–Crippen MR) is 46.7 cm³/mol. The maximum absolute atomic E-state index is 12.9. The summed E-state index contributed by atoms with van der Waals surface area (Å²) in [4.78, 5) is 0. The van der Waals surface area contributed by atoms with Gasteiger partial charge in [-0.2, -0.15) is 0 Å². The summed E-state index contributed by atoms with van der Waals surface area (Å²) in [6.07, 6.45) is 1.59. The van der Waals surface area contributed by atoms with Crippen LogP contribution in [0.1, 0.15) is 33.1 Å². The Bertz CT molecular complexity index is 125. The van der Waals surface area contributed by atoms with E-state index in [2.05, 4.69) is 13.8 Å². The van der Waals surface area contributed by atoms with Crippen molar-refractivity contribution >= 4 is 11.6 Å². The first-order valence-corrected chi connectivity index (χ1v) is 4.83. The van der Waals surface area contributed by atoms with Gasteiger partial charge in [-0.05, 0) is 31.1 Å². The second kappa shape index (κ2) is 3.75. The van der Waals surface area contributed by atoms with Crippen LogP contribution in [0.4, 0.5) is 4.39 Å². The standard InChI is InChI=1S/C9H16ClF/c1-6(2)8-5-7(11)3-4-9(8)10/h6-9H,3-5H2,1-2H3. The van der Waals surface area contributed by atoms with E-state index in [0.717, 1.165) is 6.42 Å². The van der Waals surface area contributed by atoms with Crippen molar-refractivity contribution in [1.29, 1.82) is 0 Å². The van der Waals surface area contributed by atoms with Crippen LogP contribution in [0.5, 0.6) is 0 Å². The molecule has 1 fully saturated rings. The Kier molecular flexibility index (Phi) is 3.17. The fourth-order valence-electron chi connectivity index (χ4n) is 1.80. The van der Waals surface area contributed by atoms with Crippen LogP contribution in [0.2, 0.25) is 0 Å². The van der Waals surface area contributed by atoms with Crippen molar-refractivity contribution in [3.63, 3.8) is 0 Å². The second-order valence-electron chi connectivity index (χ2n) is 3.83. The van der Waals surface area contributed by atoms with E-state index in [1.165, 1.54) is 0 Å². The Morgan fingerprint density at radius 2 is 2.00 bits per heavy atom. The monoisotopic (exact) mass is 178 g/mol. The molecule has 0 saturated heterocycles. The minimum Gasteiger partial charge on any atom is -0.247 e. The van der Waals surface area contributed by atoms with E-state index >= 15 is 0 Å². The van der Waals surface area contributed by atoms with Crippen LogP contribution in [-0.4, -0.2) is 11.5 Å². The van der Waals surface area contributed by atoms with Gasteiger partial charge < -0.3 is 0 Å². The van der Waals surface area contributed by atoms with Crippen molar-refractivity contribution in [2.75, 3.05) is 0 Å². The molecular weight excluding hydrogens is 163 g/mol. The predicted octanol–water partition coefficient (Wildman–Crippen LogP) is 3.39. The second-order valence-corrected chi connectivity index (χ2v) is 4.39. The van der Waals surface area contributed by atoms with E-state index in [0.29, 0.717) is 24.7 Å². The molecule has 1 saturated carbocycles. The smallest absolute Gasteiger partial charge is 0.100 e. The number of hydrogen-bond acceptors (Lipinski definition) is 0. The van der Waals surface area contributed by atoms with Gasteiger partial charge in [0.05, 0.1) is 0 Å². The average Bonchev–Trinajstić information content (AvgIpc) is 1.94. The Morgan fingerprint density at radius 3 is 2.45 bits per heavy atom. The molecule has 0 aromatic carbocycles. The first kappa shape index (κ1) is 9.31. The van der Waals surface area contributed by atoms with Crippen molar-refractivity contribution in [3.8, 4) is 0 Å². The molecule has 66 valence electrons. The summed E-state index contributed by atoms with van der Waals surface area (Å²) in [6.45, 7) is 4.25. The van der Waals surface area contributed by atoms with Gasteiger partial charge in [0, 0.05) is 5.38 Å². The fourth-order valence-corrected chi connectivity index (χ4v) is 2.32. The van der Waals surface area contributed by atoms with Crippen molar-refractivity contribution in [3.05, 3.63) is 0 Å². The van der Waals surface area contributed by atoms with Gasteiger partial charge in [0.25, 0.3) is 0 Å². The topological polar surface area (TPSA) is 0 Å². The summed E-state index contributed by atoms with van der Waals surface area (Å²) in [5.41, 5.74) is 0. The quantitative estimate of drug-likeness (QED) is 0.540. The summed E-state index contributed by atoms with van der Waals surface area (Å²) in [5, 5.41) is 0.210. The molecular formula is C9H16ClF. The highest BCUT2D eigenvalue weighted by Gasteiger charge is 2.30. The largest absolute Gasteiger partial charge is 0.247 e. The zero-order valence-electron chi connectivity index (χ0n) is 7.19. The highest BCUT2D eigenvalue weighted by atomic mass is 35.5. The van der Waals surface area contributed by atoms with E-state index in [-0.39, 0.29) is 5.38 Å². The molecule has 0 heterocycles. The van der Waals surface area contributed by atoms with Gasteiger partial charge in [-0.15, -0.1) is 11.6 Å². The molecule has 0 nitrogen and oxygen atoms in total. The molecule has 0 aromatic rings. The maximum atomic E-state index is 12.9. The lowest BCUT2D eigenvalue weighted by atomic mass is 9.80. The van der Waals surface area contributed by atoms with E-state index in [1.54, 1.807) is 0 Å². The van der Waals surface area contributed by atoms with Gasteiger partial charge in [0.2, 0.25) is 0 Å². The molecule has 0 N–H and O–H groups in total. The van der Waals surface area contributed by atoms with Crippen molar-refractivity contribution in [2.24, 2.45) is 11.8 Å². The SMILES string of the molecule is CC(C)C1CC(F)CCC1Cl. The van der Waals surface area contributed by atoms with Crippen LogP contribution >= 0.6 is 11.6 Å². The molecule has 3 unspecified atom stereocenters. The highest BCUT2D eigenvalue weighted by molar-refractivity contribution is 6.20. The Hall–Kier alpha value is 0.220. The van der Waals surface area contributed by atoms with Crippen LogP contribution in [0, 0.1) is 11.8 Å². The van der Waals surface area contributed by atoms with Gasteiger partial charge in [0.1, 0.15) is 6.17 Å². The van der Waals surface area contributed by atoms with Gasteiger partial charge in [-0.1, -0.05) is 13.8 Å². The lowest BCUT2D eigenvalue weighted by molar-refractivity contribution is 0.171. The zero-order chi connectivity index (χ0) is 8.43. The van der Waals surface area contributed by atoms with Gasteiger partial charge in [-0.3, -0.25) is 0 Å². The molecule has 0 amide bonds. The minimum atomic E-state index is -0.600. The summed E-state index contributed by atoms with van der Waals surface area (Å²) in [6, 6.07) is 0. The number of halogens is 2. The lowest BCUT2D eigenvalue weighted by Gasteiger charge is -2.32. The molecule has 0 bridgehead atoms. The summed E-state index contributed by atoms with van der Waals surface area (Å²) in [7, 11) is 0. The minimum absolute atomic E-state index is 0.210. The molecule has 0 radical (unpaired) electrons. The summed E-state index contributed by atoms with van der Waals surface area (Å²) in [5.74, 6) is 0.913. The maximum Gasteiger partial charge on any atom is 0.100 e. The van der Waals surface area contributed by atoms with E-state index in [4.69, 9.17) is 11.6 Å².